The van der Waals surface area contributed by atoms with Crippen molar-refractivity contribution in [2.45, 2.75) is 0 Å². The van der Waals surface area contributed by atoms with Gasteiger partial charge in [0, 0.05) is 7.05 Å². The van der Waals surface area contributed by atoms with Crippen LogP contribution < -0.4 is 4.72 Å². The van der Waals surface area contributed by atoms with Crippen LogP contribution in [0, 0.1) is 22.7 Å². The molecular formula is C7H7N5O2S. The minimum absolute atomic E-state index is 0.0627. The maximum atomic E-state index is 11.2. The van der Waals surface area contributed by atoms with Gasteiger partial charge in [0.25, 0.3) is 0 Å². The van der Waals surface area contributed by atoms with Crippen LogP contribution in [0.4, 0.5) is 5.82 Å². The predicted octanol–water partition coefficient (Wildman–Crippen LogP) is -0.443. The monoisotopic (exact) mass is 225 g/mol. The van der Waals surface area contributed by atoms with Crippen LogP contribution in [-0.2, 0) is 17.1 Å². The molecule has 1 aromatic heterocycles. The Kier molecular flexibility index (Phi) is 2.93. The number of aryl methyl sites for hydroxylation is 1. The molecule has 0 saturated carbocycles. The van der Waals surface area contributed by atoms with Gasteiger partial charge in [-0.3, -0.25) is 9.40 Å². The molecule has 0 aliphatic heterocycles. The Hall–Kier alpha value is -2.06. The summed E-state index contributed by atoms with van der Waals surface area (Å²) in [4.78, 5) is 0. The number of rotatable bonds is 3. The van der Waals surface area contributed by atoms with E-state index in [1.54, 1.807) is 6.07 Å². The second kappa shape index (κ2) is 3.98. The fraction of sp³-hybridized carbons (Fsp3) is 0.286. The van der Waals surface area contributed by atoms with Crippen molar-refractivity contribution >= 4 is 15.8 Å². The highest BCUT2D eigenvalue weighted by Gasteiger charge is 2.15. The Morgan fingerprint density at radius 2 is 2.27 bits per heavy atom. The molecule has 7 nitrogen and oxygen atoms in total. The molecule has 0 spiro atoms. The zero-order valence-electron chi connectivity index (χ0n) is 7.80. The number of hydrogen-bond donors (Lipinski definition) is 1. The molecule has 1 heterocycles. The van der Waals surface area contributed by atoms with Crippen LogP contribution >= 0.6 is 0 Å². The number of aromatic nitrogens is 2. The van der Waals surface area contributed by atoms with Crippen LogP contribution in [0.15, 0.2) is 6.20 Å². The third-order valence-electron chi connectivity index (χ3n) is 1.57. The van der Waals surface area contributed by atoms with Crippen molar-refractivity contribution in [3.05, 3.63) is 11.8 Å². The summed E-state index contributed by atoms with van der Waals surface area (Å²) in [7, 11) is -2.24. The van der Waals surface area contributed by atoms with Crippen LogP contribution in [0.1, 0.15) is 5.56 Å². The van der Waals surface area contributed by atoms with Gasteiger partial charge in [-0.2, -0.15) is 15.6 Å². The molecular weight excluding hydrogens is 218 g/mol. The number of nitrogens with one attached hydrogen (secondary N) is 1. The van der Waals surface area contributed by atoms with Crippen molar-refractivity contribution in [2.24, 2.45) is 7.05 Å². The highest BCUT2D eigenvalue weighted by molar-refractivity contribution is 7.92. The van der Waals surface area contributed by atoms with E-state index in [-0.39, 0.29) is 11.4 Å². The Labute approximate surface area is 86.6 Å². The van der Waals surface area contributed by atoms with Crippen LogP contribution in [0.5, 0.6) is 0 Å². The lowest BCUT2D eigenvalue weighted by Crippen LogP contribution is -2.18. The maximum Gasteiger partial charge on any atom is 0.247 e. The topological polar surface area (TPSA) is 112 Å². The van der Waals surface area contributed by atoms with Crippen molar-refractivity contribution in [3.63, 3.8) is 0 Å². The van der Waals surface area contributed by atoms with Crippen LogP contribution in [0.25, 0.3) is 0 Å². The zero-order chi connectivity index (χ0) is 11.5. The average Bonchev–Trinajstić information content (AvgIpc) is 2.47. The highest BCUT2D eigenvalue weighted by Crippen LogP contribution is 2.13. The second-order valence-corrected chi connectivity index (χ2v) is 4.38. The molecule has 0 saturated heterocycles. The van der Waals surface area contributed by atoms with Crippen LogP contribution in [0.3, 0.4) is 0 Å². The first-order chi connectivity index (χ1) is 7.00. The molecule has 0 amide bonds. The second-order valence-electron chi connectivity index (χ2n) is 2.66. The van der Waals surface area contributed by atoms with Crippen molar-refractivity contribution < 1.29 is 8.42 Å². The zero-order valence-corrected chi connectivity index (χ0v) is 8.61. The van der Waals surface area contributed by atoms with E-state index in [1.807, 2.05) is 0 Å². The summed E-state index contributed by atoms with van der Waals surface area (Å²) in [6.45, 7) is 0. The summed E-state index contributed by atoms with van der Waals surface area (Å²) in [5.74, 6) is -0.601. The van der Waals surface area contributed by atoms with Crippen molar-refractivity contribution in [1.82, 2.24) is 9.78 Å². The molecule has 0 fully saturated rings. The van der Waals surface area contributed by atoms with Gasteiger partial charge >= 0.3 is 0 Å². The third-order valence-corrected chi connectivity index (χ3v) is 2.58. The van der Waals surface area contributed by atoms with E-state index in [0.29, 0.717) is 0 Å². The predicted molar refractivity (Wildman–Crippen MR) is 50.9 cm³/mol. The lowest BCUT2D eigenvalue weighted by Gasteiger charge is -2.04. The van der Waals surface area contributed by atoms with Crippen molar-refractivity contribution in [2.75, 3.05) is 10.5 Å². The van der Waals surface area contributed by atoms with Gasteiger partial charge in [-0.1, -0.05) is 0 Å². The number of nitriles is 2. The first-order valence-corrected chi connectivity index (χ1v) is 5.45. The summed E-state index contributed by atoms with van der Waals surface area (Å²) >= 11 is 0. The summed E-state index contributed by atoms with van der Waals surface area (Å²) < 4.78 is 25.8. The van der Waals surface area contributed by atoms with Gasteiger partial charge in [-0.05, 0) is 0 Å². The van der Waals surface area contributed by atoms with Crippen molar-refractivity contribution in [3.8, 4) is 12.1 Å². The van der Waals surface area contributed by atoms with E-state index in [2.05, 4.69) is 9.82 Å². The summed E-state index contributed by atoms with van der Waals surface area (Å²) in [5.41, 5.74) is 0.110. The minimum atomic E-state index is -3.73. The molecule has 15 heavy (non-hydrogen) atoms. The van der Waals surface area contributed by atoms with E-state index in [4.69, 9.17) is 10.5 Å². The maximum absolute atomic E-state index is 11.2. The fourth-order valence-electron chi connectivity index (χ4n) is 0.909. The molecule has 0 aliphatic rings. The van der Waals surface area contributed by atoms with Gasteiger partial charge in [-0.25, -0.2) is 8.42 Å². The Morgan fingerprint density at radius 3 is 2.80 bits per heavy atom. The van der Waals surface area contributed by atoms with E-state index < -0.39 is 15.8 Å². The van der Waals surface area contributed by atoms with Gasteiger partial charge < -0.3 is 0 Å². The lowest BCUT2D eigenvalue weighted by molar-refractivity contribution is 0.603. The Morgan fingerprint density at radius 1 is 1.60 bits per heavy atom. The molecule has 0 aliphatic carbocycles. The summed E-state index contributed by atoms with van der Waals surface area (Å²) in [6.07, 6.45) is 1.24. The smallest absolute Gasteiger partial charge is 0.247 e. The van der Waals surface area contributed by atoms with Gasteiger partial charge in [-0.15, -0.1) is 0 Å². The number of hydrogen-bond acceptors (Lipinski definition) is 5. The van der Waals surface area contributed by atoms with Gasteiger partial charge in [0.2, 0.25) is 10.0 Å². The molecule has 0 atom stereocenters. The standard InChI is InChI=1S/C7H7N5O2S/c1-12-7(6(4-9)5-10-12)11-15(13,14)3-2-8/h5,11H,3H2,1H3. The molecule has 0 aromatic carbocycles. The number of nitrogens with zero attached hydrogens (tertiary/aromatic N) is 4. The molecule has 0 radical (unpaired) electrons. The number of anilines is 1. The Bertz CT molecular complexity index is 545. The first kappa shape index (κ1) is 11.0. The normalized spacial score (nSPS) is 10.3. The molecule has 0 bridgehead atoms. The van der Waals surface area contributed by atoms with E-state index in [9.17, 15) is 8.42 Å². The lowest BCUT2D eigenvalue weighted by atomic mass is 10.4. The minimum Gasteiger partial charge on any atom is -0.266 e. The van der Waals surface area contributed by atoms with Gasteiger partial charge in [0.1, 0.15) is 11.6 Å². The van der Waals surface area contributed by atoms with Crippen LogP contribution in [0.2, 0.25) is 0 Å². The third kappa shape index (κ3) is 2.45. The number of sulfonamides is 1. The SMILES string of the molecule is Cn1ncc(C#N)c1NS(=O)(=O)CC#N. The summed E-state index contributed by atoms with van der Waals surface area (Å²) in [6, 6.07) is 3.30. The molecule has 1 rings (SSSR count). The largest absolute Gasteiger partial charge is 0.266 e. The van der Waals surface area contributed by atoms with Gasteiger partial charge in [0.15, 0.2) is 11.6 Å². The molecule has 1 N–H and O–H groups in total. The highest BCUT2D eigenvalue weighted by atomic mass is 32.2. The molecule has 8 heteroatoms. The fourth-order valence-corrected chi connectivity index (χ4v) is 1.69. The van der Waals surface area contributed by atoms with Gasteiger partial charge in [0.05, 0.1) is 12.3 Å². The molecule has 0 unspecified atom stereocenters. The Balaban J connectivity index is 3.06. The average molecular weight is 225 g/mol. The first-order valence-electron chi connectivity index (χ1n) is 3.79. The van der Waals surface area contributed by atoms with Crippen LogP contribution in [-0.4, -0.2) is 24.0 Å². The molecule has 78 valence electrons. The summed E-state index contributed by atoms with van der Waals surface area (Å²) in [5, 5.41) is 20.6. The van der Waals surface area contributed by atoms with Crippen molar-refractivity contribution in [1.29, 1.82) is 10.5 Å². The molecule has 1 aromatic rings. The van der Waals surface area contributed by atoms with E-state index >= 15 is 0 Å². The van der Waals surface area contributed by atoms with E-state index in [0.717, 1.165) is 0 Å². The van der Waals surface area contributed by atoms with E-state index in [1.165, 1.54) is 24.0 Å². The quantitative estimate of drug-likeness (QED) is 0.749.